The van der Waals surface area contributed by atoms with E-state index in [9.17, 15) is 13.2 Å². The number of hydrogen-bond donors (Lipinski definition) is 3. The molecule has 114 valence electrons. The van der Waals surface area contributed by atoms with E-state index in [1.54, 1.807) is 6.92 Å². The molecule has 1 unspecified atom stereocenters. The van der Waals surface area contributed by atoms with Crippen LogP contribution >= 0.6 is 0 Å². The average molecular weight is 291 g/mol. The molecule has 0 aliphatic rings. The first-order chi connectivity index (χ1) is 9.36. The van der Waals surface area contributed by atoms with E-state index in [0.29, 0.717) is 13.1 Å². The maximum atomic E-state index is 12.8. The van der Waals surface area contributed by atoms with Gasteiger partial charge in [-0.15, -0.1) is 0 Å². The molecule has 4 nitrogen and oxygen atoms in total. The second-order valence-corrected chi connectivity index (χ2v) is 4.72. The molecule has 1 rings (SSSR count). The van der Waals surface area contributed by atoms with Crippen LogP contribution in [0.2, 0.25) is 0 Å². The summed E-state index contributed by atoms with van der Waals surface area (Å²) in [6.45, 7) is 4.59. The van der Waals surface area contributed by atoms with Gasteiger partial charge < -0.3 is 15.7 Å². The van der Waals surface area contributed by atoms with E-state index in [-0.39, 0.29) is 24.2 Å². The zero-order valence-corrected chi connectivity index (χ0v) is 11.6. The Morgan fingerprint density at radius 2 is 1.85 bits per heavy atom. The van der Waals surface area contributed by atoms with Crippen molar-refractivity contribution in [3.05, 3.63) is 17.7 Å². The summed E-state index contributed by atoms with van der Waals surface area (Å²) in [6.07, 6.45) is -3.62. The van der Waals surface area contributed by atoms with Crippen molar-refractivity contribution in [3.8, 4) is 0 Å². The van der Waals surface area contributed by atoms with Crippen LogP contribution in [0.4, 0.5) is 24.8 Å². The van der Waals surface area contributed by atoms with Gasteiger partial charge in [0.1, 0.15) is 11.6 Å². The Morgan fingerprint density at radius 3 is 2.35 bits per heavy atom. The summed E-state index contributed by atoms with van der Waals surface area (Å²) in [5, 5.41) is 14.6. The summed E-state index contributed by atoms with van der Waals surface area (Å²) in [7, 11) is 0. The Balaban J connectivity index is 2.91. The van der Waals surface area contributed by atoms with Crippen LogP contribution in [-0.2, 0) is 6.18 Å². The van der Waals surface area contributed by atoms with Gasteiger partial charge in [-0.1, -0.05) is 13.8 Å². The maximum absolute atomic E-state index is 12.8. The van der Waals surface area contributed by atoms with Crippen LogP contribution in [0.3, 0.4) is 0 Å². The molecular formula is C13H20F3N3O. The number of halogens is 3. The van der Waals surface area contributed by atoms with Crippen LogP contribution in [0.1, 0.15) is 25.8 Å². The molecule has 3 N–H and O–H groups in total. The highest BCUT2D eigenvalue weighted by Crippen LogP contribution is 2.32. The van der Waals surface area contributed by atoms with Crippen LogP contribution in [0.25, 0.3) is 0 Å². The lowest BCUT2D eigenvalue weighted by molar-refractivity contribution is -0.137. The summed E-state index contributed by atoms with van der Waals surface area (Å²) in [5.41, 5.74) is -0.745. The van der Waals surface area contributed by atoms with Crippen molar-refractivity contribution < 1.29 is 18.3 Å². The molecule has 1 heterocycles. The molecule has 7 heteroatoms. The molecule has 1 aromatic rings. The monoisotopic (exact) mass is 291 g/mol. The van der Waals surface area contributed by atoms with E-state index in [1.165, 1.54) is 0 Å². The van der Waals surface area contributed by atoms with Crippen molar-refractivity contribution in [1.29, 1.82) is 0 Å². The quantitative estimate of drug-likeness (QED) is 0.723. The topological polar surface area (TPSA) is 57.2 Å². The fraction of sp³-hybridized carbons (Fsp3) is 0.615. The fourth-order valence-electron chi connectivity index (χ4n) is 1.47. The van der Waals surface area contributed by atoms with Gasteiger partial charge in [-0.2, -0.15) is 13.2 Å². The van der Waals surface area contributed by atoms with Gasteiger partial charge in [-0.3, -0.25) is 0 Å². The van der Waals surface area contributed by atoms with Crippen LogP contribution < -0.4 is 10.6 Å². The molecule has 0 aliphatic carbocycles. The van der Waals surface area contributed by atoms with Crippen LogP contribution in [-0.4, -0.2) is 29.8 Å². The van der Waals surface area contributed by atoms with E-state index in [1.807, 2.05) is 6.92 Å². The van der Waals surface area contributed by atoms with Crippen molar-refractivity contribution in [2.75, 3.05) is 30.3 Å². The first-order valence-electron chi connectivity index (χ1n) is 6.54. The maximum Gasteiger partial charge on any atom is 0.416 e. The number of pyridine rings is 1. The van der Waals surface area contributed by atoms with E-state index in [0.717, 1.165) is 18.6 Å². The molecule has 1 aromatic heterocycles. The third-order valence-corrected chi connectivity index (χ3v) is 2.65. The van der Waals surface area contributed by atoms with Gasteiger partial charge in [0.2, 0.25) is 0 Å². The Hall–Kier alpha value is -1.50. The number of aliphatic hydroxyl groups is 1. The molecule has 0 amide bonds. The second-order valence-electron chi connectivity index (χ2n) is 4.72. The number of rotatable bonds is 7. The standard InChI is InChI=1S/C13H20F3N3O/c1-3-4-17-11-5-10(13(14,15)16)6-12(19-11)18-7-9(2)8-20/h5-6,9,20H,3-4,7-8H2,1-2H3,(H2,17,18,19). The van der Waals surface area contributed by atoms with Crippen LogP contribution in [0, 0.1) is 5.92 Å². The largest absolute Gasteiger partial charge is 0.416 e. The Bertz CT molecular complexity index is 424. The highest BCUT2D eigenvalue weighted by Gasteiger charge is 2.31. The molecule has 0 bridgehead atoms. The normalized spacial score (nSPS) is 13.1. The van der Waals surface area contributed by atoms with E-state index < -0.39 is 11.7 Å². The minimum atomic E-state index is -4.41. The van der Waals surface area contributed by atoms with Crippen LogP contribution in [0.5, 0.6) is 0 Å². The summed E-state index contributed by atoms with van der Waals surface area (Å²) in [6, 6.07) is 1.97. The van der Waals surface area contributed by atoms with Gasteiger partial charge in [-0.05, 0) is 24.5 Å². The smallest absolute Gasteiger partial charge is 0.396 e. The fourth-order valence-corrected chi connectivity index (χ4v) is 1.47. The lowest BCUT2D eigenvalue weighted by Crippen LogP contribution is -2.17. The van der Waals surface area contributed by atoms with E-state index in [4.69, 9.17) is 5.11 Å². The van der Waals surface area contributed by atoms with Gasteiger partial charge in [-0.25, -0.2) is 4.98 Å². The Labute approximate surface area is 116 Å². The summed E-state index contributed by atoms with van der Waals surface area (Å²) < 4.78 is 38.4. The van der Waals surface area contributed by atoms with Crippen molar-refractivity contribution in [1.82, 2.24) is 4.98 Å². The molecule has 0 fully saturated rings. The molecular weight excluding hydrogens is 271 g/mol. The van der Waals surface area contributed by atoms with Crippen molar-refractivity contribution >= 4 is 11.6 Å². The van der Waals surface area contributed by atoms with Gasteiger partial charge in [0, 0.05) is 19.7 Å². The number of anilines is 2. The van der Waals surface area contributed by atoms with Crippen molar-refractivity contribution in [3.63, 3.8) is 0 Å². The lowest BCUT2D eigenvalue weighted by atomic mass is 10.2. The zero-order chi connectivity index (χ0) is 15.2. The number of hydrogen-bond acceptors (Lipinski definition) is 4. The number of nitrogens with one attached hydrogen (secondary N) is 2. The predicted molar refractivity (Wildman–Crippen MR) is 72.8 cm³/mol. The number of aromatic nitrogens is 1. The molecule has 0 radical (unpaired) electrons. The third kappa shape index (κ3) is 5.24. The SMILES string of the molecule is CCCNc1cc(C(F)(F)F)cc(NCC(C)CO)n1. The zero-order valence-electron chi connectivity index (χ0n) is 11.6. The number of alkyl halides is 3. The summed E-state index contributed by atoms with van der Waals surface area (Å²) in [5.74, 6) is 0.290. The molecule has 20 heavy (non-hydrogen) atoms. The van der Waals surface area contributed by atoms with Gasteiger partial charge >= 0.3 is 6.18 Å². The first-order valence-corrected chi connectivity index (χ1v) is 6.54. The first kappa shape index (κ1) is 16.6. The highest BCUT2D eigenvalue weighted by molar-refractivity contribution is 5.49. The second kappa shape index (κ2) is 7.33. The lowest BCUT2D eigenvalue weighted by Gasteiger charge is -2.15. The summed E-state index contributed by atoms with van der Waals surface area (Å²) >= 11 is 0. The Morgan fingerprint density at radius 1 is 1.25 bits per heavy atom. The number of nitrogens with zero attached hydrogens (tertiary/aromatic N) is 1. The molecule has 1 atom stereocenters. The van der Waals surface area contributed by atoms with Gasteiger partial charge in [0.25, 0.3) is 0 Å². The molecule has 0 saturated carbocycles. The molecule has 0 spiro atoms. The minimum Gasteiger partial charge on any atom is -0.396 e. The summed E-state index contributed by atoms with van der Waals surface area (Å²) in [4.78, 5) is 4.09. The Kier molecular flexibility index (Phi) is 6.06. The van der Waals surface area contributed by atoms with E-state index >= 15 is 0 Å². The van der Waals surface area contributed by atoms with Crippen molar-refractivity contribution in [2.24, 2.45) is 5.92 Å². The molecule has 0 aromatic carbocycles. The average Bonchev–Trinajstić information content (AvgIpc) is 2.41. The molecule has 0 saturated heterocycles. The highest BCUT2D eigenvalue weighted by atomic mass is 19.4. The predicted octanol–water partition coefficient (Wildman–Crippen LogP) is 2.96. The van der Waals surface area contributed by atoms with Gasteiger partial charge in [0.05, 0.1) is 5.56 Å². The van der Waals surface area contributed by atoms with Gasteiger partial charge in [0.15, 0.2) is 0 Å². The third-order valence-electron chi connectivity index (χ3n) is 2.65. The van der Waals surface area contributed by atoms with Crippen LogP contribution in [0.15, 0.2) is 12.1 Å². The van der Waals surface area contributed by atoms with E-state index in [2.05, 4.69) is 15.6 Å². The number of aliphatic hydroxyl groups excluding tert-OH is 1. The molecule has 0 aliphatic heterocycles. The minimum absolute atomic E-state index is 0.0348. The van der Waals surface area contributed by atoms with Crippen molar-refractivity contribution in [2.45, 2.75) is 26.4 Å².